The minimum absolute atomic E-state index is 0.00220. The molecule has 1 aliphatic carbocycles. The van der Waals surface area contributed by atoms with Crippen LogP contribution in [0.4, 0.5) is 0 Å². The molecule has 4 heteroatoms. The quantitative estimate of drug-likeness (QED) is 0.755. The summed E-state index contributed by atoms with van der Waals surface area (Å²) in [6.45, 7) is 3.89. The number of hydrogen-bond acceptors (Lipinski definition) is 3. The van der Waals surface area contributed by atoms with Crippen molar-refractivity contribution in [2.75, 3.05) is 0 Å². The molecule has 1 aromatic heterocycles. The first-order valence-corrected chi connectivity index (χ1v) is 5.46. The number of aromatic amines is 1. The maximum absolute atomic E-state index is 11.7. The predicted octanol–water partition coefficient (Wildman–Crippen LogP) is 0.843. The van der Waals surface area contributed by atoms with Gasteiger partial charge in [-0.25, -0.2) is 4.98 Å². The van der Waals surface area contributed by atoms with E-state index in [0.29, 0.717) is 5.82 Å². The highest BCUT2D eigenvalue weighted by Gasteiger charge is 2.25. The molecule has 0 saturated heterocycles. The molecule has 1 atom stereocenters. The number of nitrogens with zero attached hydrogens (tertiary/aromatic N) is 1. The Kier molecular flexibility index (Phi) is 2.38. The standard InChI is InChI=1S/C11H17N3O/c1-3-11(2,12)10-13-8-6-4-5-7(8)9(15)14-10/h3-6,12H2,1-2H3,(H,13,14,15). The number of aryl methyl sites for hydroxylation is 1. The molecule has 82 valence electrons. The predicted molar refractivity (Wildman–Crippen MR) is 58.7 cm³/mol. The molecule has 3 N–H and O–H groups in total. The van der Waals surface area contributed by atoms with E-state index in [4.69, 9.17) is 5.73 Å². The van der Waals surface area contributed by atoms with E-state index < -0.39 is 5.54 Å². The highest BCUT2D eigenvalue weighted by Crippen LogP contribution is 2.20. The van der Waals surface area contributed by atoms with Crippen LogP contribution in [-0.4, -0.2) is 9.97 Å². The van der Waals surface area contributed by atoms with Gasteiger partial charge in [-0.1, -0.05) is 6.92 Å². The number of H-pyrrole nitrogens is 1. The zero-order chi connectivity index (χ0) is 11.1. The van der Waals surface area contributed by atoms with Crippen LogP contribution in [0.15, 0.2) is 4.79 Å². The van der Waals surface area contributed by atoms with Crippen LogP contribution in [0.3, 0.4) is 0 Å². The fourth-order valence-electron chi connectivity index (χ4n) is 1.88. The van der Waals surface area contributed by atoms with Crippen molar-refractivity contribution < 1.29 is 0 Å². The Hall–Kier alpha value is -1.16. The lowest BCUT2D eigenvalue weighted by Crippen LogP contribution is -2.37. The molecule has 0 radical (unpaired) electrons. The number of nitrogens with one attached hydrogen (secondary N) is 1. The van der Waals surface area contributed by atoms with Crippen molar-refractivity contribution in [2.45, 2.75) is 45.1 Å². The Morgan fingerprint density at radius 3 is 2.93 bits per heavy atom. The average Bonchev–Trinajstić information content (AvgIpc) is 2.66. The molecule has 1 aromatic rings. The van der Waals surface area contributed by atoms with Crippen molar-refractivity contribution in [3.8, 4) is 0 Å². The number of fused-ring (bicyclic) bond motifs is 1. The van der Waals surface area contributed by atoms with Crippen LogP contribution in [0.2, 0.25) is 0 Å². The molecule has 1 unspecified atom stereocenters. The molecular weight excluding hydrogens is 190 g/mol. The van der Waals surface area contributed by atoms with Gasteiger partial charge in [0.25, 0.3) is 5.56 Å². The van der Waals surface area contributed by atoms with Crippen LogP contribution >= 0.6 is 0 Å². The summed E-state index contributed by atoms with van der Waals surface area (Å²) in [5.41, 5.74) is 7.33. The smallest absolute Gasteiger partial charge is 0.254 e. The van der Waals surface area contributed by atoms with E-state index >= 15 is 0 Å². The van der Waals surface area contributed by atoms with Gasteiger partial charge in [0.2, 0.25) is 0 Å². The summed E-state index contributed by atoms with van der Waals surface area (Å²) in [5, 5.41) is 0. The van der Waals surface area contributed by atoms with Crippen molar-refractivity contribution in [3.05, 3.63) is 27.4 Å². The maximum atomic E-state index is 11.7. The summed E-state index contributed by atoms with van der Waals surface area (Å²) in [6.07, 6.45) is 3.55. The third-order valence-electron chi connectivity index (χ3n) is 3.22. The molecule has 0 bridgehead atoms. The minimum atomic E-state index is -0.531. The van der Waals surface area contributed by atoms with Crippen molar-refractivity contribution >= 4 is 0 Å². The summed E-state index contributed by atoms with van der Waals surface area (Å²) >= 11 is 0. The van der Waals surface area contributed by atoms with Crippen LogP contribution in [0.1, 0.15) is 43.8 Å². The molecule has 1 aliphatic rings. The van der Waals surface area contributed by atoms with Crippen LogP contribution in [0.5, 0.6) is 0 Å². The fraction of sp³-hybridized carbons (Fsp3) is 0.636. The van der Waals surface area contributed by atoms with Crippen molar-refractivity contribution in [1.29, 1.82) is 0 Å². The van der Waals surface area contributed by atoms with Gasteiger partial charge in [0.15, 0.2) is 0 Å². The monoisotopic (exact) mass is 207 g/mol. The second-order valence-corrected chi connectivity index (χ2v) is 4.46. The molecule has 15 heavy (non-hydrogen) atoms. The molecular formula is C11H17N3O. The summed E-state index contributed by atoms with van der Waals surface area (Å²) in [5.74, 6) is 0.621. The van der Waals surface area contributed by atoms with E-state index in [1.165, 1.54) is 0 Å². The van der Waals surface area contributed by atoms with E-state index in [1.807, 2.05) is 13.8 Å². The highest BCUT2D eigenvalue weighted by molar-refractivity contribution is 5.24. The third kappa shape index (κ3) is 1.69. The van der Waals surface area contributed by atoms with Crippen LogP contribution in [0, 0.1) is 0 Å². The fourth-order valence-corrected chi connectivity index (χ4v) is 1.88. The zero-order valence-corrected chi connectivity index (χ0v) is 9.26. The molecule has 0 aromatic carbocycles. The molecule has 0 saturated carbocycles. The van der Waals surface area contributed by atoms with Crippen molar-refractivity contribution in [2.24, 2.45) is 5.73 Å². The molecule has 0 spiro atoms. The van der Waals surface area contributed by atoms with E-state index in [0.717, 1.165) is 36.9 Å². The van der Waals surface area contributed by atoms with Gasteiger partial charge in [0, 0.05) is 5.56 Å². The van der Waals surface area contributed by atoms with Gasteiger partial charge in [-0.15, -0.1) is 0 Å². The van der Waals surface area contributed by atoms with Gasteiger partial charge in [-0.05, 0) is 32.6 Å². The lowest BCUT2D eigenvalue weighted by Gasteiger charge is -2.21. The second kappa shape index (κ2) is 3.45. The average molecular weight is 207 g/mol. The van der Waals surface area contributed by atoms with Crippen LogP contribution in [0.25, 0.3) is 0 Å². The topological polar surface area (TPSA) is 71.8 Å². The van der Waals surface area contributed by atoms with E-state index in [2.05, 4.69) is 9.97 Å². The van der Waals surface area contributed by atoms with Gasteiger partial charge in [-0.2, -0.15) is 0 Å². The molecule has 0 amide bonds. The first-order valence-electron chi connectivity index (χ1n) is 5.46. The van der Waals surface area contributed by atoms with Crippen molar-refractivity contribution in [3.63, 3.8) is 0 Å². The highest BCUT2D eigenvalue weighted by atomic mass is 16.1. The normalized spacial score (nSPS) is 18.6. The Morgan fingerprint density at radius 1 is 1.53 bits per heavy atom. The number of aromatic nitrogens is 2. The Balaban J connectivity index is 2.53. The molecule has 4 nitrogen and oxygen atoms in total. The van der Waals surface area contributed by atoms with Gasteiger partial charge in [0.05, 0.1) is 11.2 Å². The molecule has 0 fully saturated rings. The van der Waals surface area contributed by atoms with Crippen molar-refractivity contribution in [1.82, 2.24) is 9.97 Å². The largest absolute Gasteiger partial charge is 0.319 e. The van der Waals surface area contributed by atoms with Crippen LogP contribution < -0.4 is 11.3 Å². The SMILES string of the molecule is CCC(C)(N)c1nc2c(c(=O)[nH]1)CCC2. The van der Waals surface area contributed by atoms with Gasteiger partial charge in [0.1, 0.15) is 5.82 Å². The number of nitrogens with two attached hydrogens (primary N) is 1. The lowest BCUT2D eigenvalue weighted by molar-refractivity contribution is 0.442. The molecule has 1 heterocycles. The Labute approximate surface area is 88.9 Å². The summed E-state index contributed by atoms with van der Waals surface area (Å²) < 4.78 is 0. The second-order valence-electron chi connectivity index (χ2n) is 4.46. The van der Waals surface area contributed by atoms with E-state index in [-0.39, 0.29) is 5.56 Å². The number of rotatable bonds is 2. The van der Waals surface area contributed by atoms with E-state index in [1.54, 1.807) is 0 Å². The van der Waals surface area contributed by atoms with E-state index in [9.17, 15) is 4.79 Å². The summed E-state index contributed by atoms with van der Waals surface area (Å²) in [4.78, 5) is 19.0. The maximum Gasteiger partial charge on any atom is 0.254 e. The van der Waals surface area contributed by atoms with Crippen LogP contribution in [-0.2, 0) is 18.4 Å². The summed E-state index contributed by atoms with van der Waals surface area (Å²) in [7, 11) is 0. The third-order valence-corrected chi connectivity index (χ3v) is 3.22. The molecule has 0 aliphatic heterocycles. The first-order chi connectivity index (χ1) is 7.04. The van der Waals surface area contributed by atoms with Gasteiger partial charge in [-0.3, -0.25) is 4.79 Å². The Bertz CT molecular complexity index is 434. The molecule has 2 rings (SSSR count). The minimum Gasteiger partial charge on any atom is -0.319 e. The first kappa shape index (κ1) is 10.4. The number of hydrogen-bond donors (Lipinski definition) is 2. The van der Waals surface area contributed by atoms with Gasteiger partial charge >= 0.3 is 0 Å². The summed E-state index contributed by atoms with van der Waals surface area (Å²) in [6, 6.07) is 0. The Morgan fingerprint density at radius 2 is 2.27 bits per heavy atom. The zero-order valence-electron chi connectivity index (χ0n) is 9.26. The van der Waals surface area contributed by atoms with Gasteiger partial charge < -0.3 is 10.7 Å². The lowest BCUT2D eigenvalue weighted by atomic mass is 9.99.